The van der Waals surface area contributed by atoms with Crippen molar-refractivity contribution in [2.75, 3.05) is 0 Å². The molecule has 0 saturated carbocycles. The smallest absolute Gasteiger partial charge is 0.530 e. The van der Waals surface area contributed by atoms with Crippen LogP contribution in [-0.4, -0.2) is 13.3 Å². The normalized spacial score (nSPS) is 10.0. The fraction of sp³-hybridized carbons (Fsp3) is 0. The van der Waals surface area contributed by atoms with Gasteiger partial charge in [-0.05, 0) is 36.4 Å². The van der Waals surface area contributed by atoms with Crippen LogP contribution in [0.15, 0.2) is 91.0 Å². The van der Waals surface area contributed by atoms with Crippen LogP contribution in [0.2, 0.25) is 0 Å². The lowest BCUT2D eigenvalue weighted by atomic mass is 10.3. The molecule has 0 atom stereocenters. The lowest BCUT2D eigenvalue weighted by Crippen LogP contribution is -2.02. The SMILES string of the molecule is O=S([O-])[O-].c1ccc(OP(Oc2ccccc2)Oc2ccccc2)cc1. The molecule has 0 fully saturated rings. The van der Waals surface area contributed by atoms with E-state index in [0.717, 1.165) is 0 Å². The summed E-state index contributed by atoms with van der Waals surface area (Å²) in [6.07, 6.45) is 0. The molecule has 0 aromatic heterocycles. The van der Waals surface area contributed by atoms with Gasteiger partial charge in [0.05, 0.1) is 0 Å². The van der Waals surface area contributed by atoms with Crippen LogP contribution in [0, 0.1) is 0 Å². The molecule has 3 rings (SSSR count). The van der Waals surface area contributed by atoms with E-state index in [9.17, 15) is 0 Å². The molecule has 0 radical (unpaired) electrons. The molecule has 8 heteroatoms. The summed E-state index contributed by atoms with van der Waals surface area (Å²) < 4.78 is 42.9. The van der Waals surface area contributed by atoms with Crippen LogP contribution < -0.4 is 13.6 Å². The van der Waals surface area contributed by atoms with Gasteiger partial charge >= 0.3 is 8.60 Å². The molecule has 0 aliphatic carbocycles. The van der Waals surface area contributed by atoms with Crippen LogP contribution in [0.3, 0.4) is 0 Å². The third-order valence-electron chi connectivity index (χ3n) is 2.77. The molecule has 0 heterocycles. The highest BCUT2D eigenvalue weighted by molar-refractivity contribution is 7.72. The number of benzene rings is 3. The van der Waals surface area contributed by atoms with Gasteiger partial charge in [0.15, 0.2) is 0 Å². The van der Waals surface area contributed by atoms with Crippen LogP contribution in [0.1, 0.15) is 0 Å². The zero-order valence-electron chi connectivity index (χ0n) is 13.5. The summed E-state index contributed by atoms with van der Waals surface area (Å²) >= 11 is -3.11. The Morgan fingerprint density at radius 3 is 1.04 bits per heavy atom. The number of hydrogen-bond acceptors (Lipinski definition) is 6. The summed E-state index contributed by atoms with van der Waals surface area (Å²) in [6.45, 7) is 0. The van der Waals surface area contributed by atoms with Gasteiger partial charge in [-0.25, -0.2) is 0 Å². The summed E-state index contributed by atoms with van der Waals surface area (Å²) in [5.74, 6) is 2.13. The first-order chi connectivity index (χ1) is 12.6. The third kappa shape index (κ3) is 8.09. The molecule has 0 N–H and O–H groups in total. The monoisotopic (exact) mass is 390 g/mol. The maximum Gasteiger partial charge on any atom is 0.530 e. The van der Waals surface area contributed by atoms with Gasteiger partial charge in [-0.15, -0.1) is 11.4 Å². The van der Waals surface area contributed by atoms with Gasteiger partial charge in [0.2, 0.25) is 0 Å². The van der Waals surface area contributed by atoms with Crippen LogP contribution in [0.4, 0.5) is 0 Å². The Balaban J connectivity index is 0.000000552. The van der Waals surface area contributed by atoms with E-state index in [2.05, 4.69) is 0 Å². The van der Waals surface area contributed by atoms with Crippen molar-refractivity contribution in [2.45, 2.75) is 0 Å². The van der Waals surface area contributed by atoms with Gasteiger partial charge in [-0.3, -0.25) is 4.21 Å². The predicted molar refractivity (Wildman–Crippen MR) is 97.8 cm³/mol. The van der Waals surface area contributed by atoms with E-state index in [1.54, 1.807) is 0 Å². The molecule has 0 unspecified atom stereocenters. The van der Waals surface area contributed by atoms with E-state index in [4.69, 9.17) is 26.9 Å². The zero-order valence-corrected chi connectivity index (χ0v) is 15.2. The quantitative estimate of drug-likeness (QED) is 0.456. The molecule has 3 aromatic carbocycles. The summed E-state index contributed by atoms with van der Waals surface area (Å²) in [4.78, 5) is 0. The Labute approximate surface area is 155 Å². The standard InChI is InChI=1S/C18H15O3P.H2O3S/c1-4-10-16(11-5-1)19-22(20-17-12-6-2-7-13-17)21-18-14-8-3-9-15-18;1-4(2)3/h1-15H;(H2,1,2,3)/p-2. The lowest BCUT2D eigenvalue weighted by Gasteiger charge is -2.17. The summed E-state index contributed by atoms with van der Waals surface area (Å²) in [7, 11) is -1.59. The van der Waals surface area contributed by atoms with Gasteiger partial charge in [-0.2, -0.15) is 0 Å². The van der Waals surface area contributed by atoms with E-state index in [0.29, 0.717) is 17.2 Å². The van der Waals surface area contributed by atoms with Crippen molar-refractivity contribution in [3.63, 3.8) is 0 Å². The van der Waals surface area contributed by atoms with E-state index in [-0.39, 0.29) is 0 Å². The summed E-state index contributed by atoms with van der Waals surface area (Å²) in [6, 6.07) is 28.5. The summed E-state index contributed by atoms with van der Waals surface area (Å²) in [5.41, 5.74) is 0. The Hall–Kier alpha value is -2.44. The predicted octanol–water partition coefficient (Wildman–Crippen LogP) is 4.45. The molecule has 0 bridgehead atoms. The molecule has 0 amide bonds. The first kappa shape index (κ1) is 19.9. The minimum absolute atomic E-state index is 0.709. The van der Waals surface area contributed by atoms with Crippen molar-refractivity contribution in [1.29, 1.82) is 0 Å². The first-order valence-electron chi connectivity index (χ1n) is 7.39. The topological polar surface area (TPSA) is 90.9 Å². The fourth-order valence-corrected chi connectivity index (χ4v) is 2.75. The van der Waals surface area contributed by atoms with Crippen molar-refractivity contribution in [1.82, 2.24) is 0 Å². The Kier molecular flexibility index (Phi) is 8.59. The van der Waals surface area contributed by atoms with Crippen LogP contribution in [0.5, 0.6) is 17.2 Å². The van der Waals surface area contributed by atoms with E-state index in [1.807, 2.05) is 91.0 Å². The minimum Gasteiger partial charge on any atom is -0.784 e. The number of hydrogen-bond donors (Lipinski definition) is 0. The molecule has 0 aliphatic rings. The molecule has 6 nitrogen and oxygen atoms in total. The van der Waals surface area contributed by atoms with Crippen LogP contribution >= 0.6 is 8.60 Å². The molecule has 0 saturated heterocycles. The number of para-hydroxylation sites is 3. The van der Waals surface area contributed by atoms with Gasteiger partial charge < -0.3 is 22.7 Å². The van der Waals surface area contributed by atoms with Gasteiger partial charge in [-0.1, -0.05) is 54.6 Å². The van der Waals surface area contributed by atoms with Crippen molar-refractivity contribution in [2.24, 2.45) is 0 Å². The molecular formula is C18H15O6PS-2. The molecule has 0 spiro atoms. The van der Waals surface area contributed by atoms with Crippen molar-refractivity contribution < 1.29 is 26.9 Å². The molecular weight excluding hydrogens is 375 g/mol. The Morgan fingerprint density at radius 1 is 0.577 bits per heavy atom. The maximum absolute atomic E-state index is 8.44. The molecule has 136 valence electrons. The highest BCUT2D eigenvalue weighted by atomic mass is 32.2. The average Bonchev–Trinajstić information content (AvgIpc) is 2.64. The fourth-order valence-electron chi connectivity index (χ4n) is 1.76. The third-order valence-corrected chi connectivity index (χ3v) is 3.85. The van der Waals surface area contributed by atoms with Crippen molar-refractivity contribution in [3.05, 3.63) is 91.0 Å². The molecule has 0 aliphatic heterocycles. The van der Waals surface area contributed by atoms with E-state index < -0.39 is 20.0 Å². The van der Waals surface area contributed by atoms with Gasteiger partial charge in [0.25, 0.3) is 0 Å². The molecule has 3 aromatic rings. The van der Waals surface area contributed by atoms with E-state index in [1.165, 1.54) is 0 Å². The highest BCUT2D eigenvalue weighted by Gasteiger charge is 2.19. The second kappa shape index (κ2) is 11.2. The largest absolute Gasteiger partial charge is 0.784 e. The Bertz CT molecular complexity index is 671. The zero-order chi connectivity index (χ0) is 18.6. The van der Waals surface area contributed by atoms with E-state index >= 15 is 0 Å². The maximum atomic E-state index is 8.44. The van der Waals surface area contributed by atoms with Crippen LogP contribution in [0.25, 0.3) is 0 Å². The highest BCUT2D eigenvalue weighted by Crippen LogP contribution is 2.41. The second-order valence-electron chi connectivity index (χ2n) is 4.64. The van der Waals surface area contributed by atoms with Crippen molar-refractivity contribution in [3.8, 4) is 17.2 Å². The van der Waals surface area contributed by atoms with Gasteiger partial charge in [0.1, 0.15) is 17.2 Å². The van der Waals surface area contributed by atoms with Gasteiger partial charge in [0, 0.05) is 0 Å². The average molecular weight is 390 g/mol. The van der Waals surface area contributed by atoms with Crippen molar-refractivity contribution >= 4 is 20.0 Å². The second-order valence-corrected chi connectivity index (χ2v) is 6.04. The van der Waals surface area contributed by atoms with Crippen LogP contribution in [-0.2, 0) is 11.4 Å². The summed E-state index contributed by atoms with van der Waals surface area (Å²) in [5, 5.41) is 0. The lowest BCUT2D eigenvalue weighted by molar-refractivity contribution is 0.388. The first-order valence-corrected chi connectivity index (χ1v) is 9.49. The Morgan fingerprint density at radius 2 is 0.808 bits per heavy atom. The molecule has 26 heavy (non-hydrogen) atoms. The number of rotatable bonds is 6. The minimum atomic E-state index is -3.11.